The minimum Gasteiger partial charge on any atom is -0.467 e. The molecule has 0 fully saturated rings. The zero-order valence-electron chi connectivity index (χ0n) is 16.4. The van der Waals surface area contributed by atoms with Gasteiger partial charge in [0.05, 0.1) is 21.8 Å². The summed E-state index contributed by atoms with van der Waals surface area (Å²) in [5, 5.41) is 3.98. The molecule has 0 saturated carbocycles. The van der Waals surface area contributed by atoms with Crippen LogP contribution >= 0.6 is 0 Å². The van der Waals surface area contributed by atoms with Crippen LogP contribution in [0.1, 0.15) is 27.7 Å². The smallest absolute Gasteiger partial charge is 0.407 e. The molecule has 0 saturated heterocycles. The number of esters is 1. The third-order valence-corrected chi connectivity index (χ3v) is 9.14. The van der Waals surface area contributed by atoms with Gasteiger partial charge < -0.3 is 14.8 Å². The second kappa shape index (κ2) is 8.51. The number of methoxy groups -OCH3 is 1. The summed E-state index contributed by atoms with van der Waals surface area (Å²) < 4.78 is 10.0. The highest BCUT2D eigenvalue weighted by Gasteiger charge is 2.49. The lowest BCUT2D eigenvalue weighted by atomic mass is 9.87. The average Bonchev–Trinajstić information content (AvgIpc) is 2.53. The molecule has 0 unspecified atom stereocenters. The molecule has 1 aromatic carbocycles. The molecule has 1 aromatic rings. The van der Waals surface area contributed by atoms with Gasteiger partial charge in [-0.1, -0.05) is 69.4 Å². The summed E-state index contributed by atoms with van der Waals surface area (Å²) in [7, 11) is -0.801. The fraction of sp³-hybridized carbons (Fsp3) is 0.579. The summed E-state index contributed by atoms with van der Waals surface area (Å²) in [6.45, 7) is 12.7. The van der Waals surface area contributed by atoms with Crippen LogP contribution in [0, 0.1) is 5.41 Å². The van der Waals surface area contributed by atoms with E-state index in [2.05, 4.69) is 51.3 Å². The lowest BCUT2D eigenvalue weighted by molar-refractivity contribution is -0.143. The molecule has 0 heterocycles. The summed E-state index contributed by atoms with van der Waals surface area (Å²) in [5.74, 6) is -0.440. The average molecular weight is 366 g/mol. The van der Waals surface area contributed by atoms with E-state index < -0.39 is 26.2 Å². The van der Waals surface area contributed by atoms with Crippen molar-refractivity contribution in [3.63, 3.8) is 0 Å². The van der Waals surface area contributed by atoms with Crippen LogP contribution in [0.4, 0.5) is 4.79 Å². The van der Waals surface area contributed by atoms with Crippen LogP contribution < -0.4 is 10.5 Å². The van der Waals surface area contributed by atoms with Gasteiger partial charge in [0, 0.05) is 0 Å². The zero-order chi connectivity index (χ0) is 19.3. The molecule has 5 nitrogen and oxygen atoms in total. The van der Waals surface area contributed by atoms with Crippen molar-refractivity contribution in [1.82, 2.24) is 5.32 Å². The fourth-order valence-corrected chi connectivity index (χ4v) is 8.38. The minimum absolute atomic E-state index is 0.0840. The zero-order valence-corrected chi connectivity index (χ0v) is 17.4. The van der Waals surface area contributed by atoms with E-state index in [9.17, 15) is 9.59 Å². The first kappa shape index (κ1) is 21.2. The van der Waals surface area contributed by atoms with Crippen molar-refractivity contribution in [2.45, 2.75) is 52.4 Å². The second-order valence-electron chi connectivity index (χ2n) is 7.80. The fourth-order valence-electron chi connectivity index (χ4n) is 3.75. The summed E-state index contributed by atoms with van der Waals surface area (Å²) >= 11 is 0. The van der Waals surface area contributed by atoms with Gasteiger partial charge in [0.1, 0.15) is 6.04 Å². The van der Waals surface area contributed by atoms with Crippen LogP contribution in [0.2, 0.25) is 18.6 Å². The van der Waals surface area contributed by atoms with Gasteiger partial charge in [0.2, 0.25) is 0 Å². The Morgan fingerprint density at radius 1 is 1.16 bits per heavy atom. The maximum absolute atomic E-state index is 12.5. The number of hydrogen-bond acceptors (Lipinski definition) is 4. The van der Waals surface area contributed by atoms with Crippen molar-refractivity contribution in [3.8, 4) is 0 Å². The second-order valence-corrected chi connectivity index (χ2v) is 12.4. The molecule has 1 amide bonds. The molecule has 0 spiro atoms. The molecule has 1 rings (SSSR count). The number of carbonyl (C=O) groups is 2. The molecule has 1 N–H and O–H groups in total. The number of amides is 1. The Labute approximate surface area is 152 Å². The predicted octanol–water partition coefficient (Wildman–Crippen LogP) is 3.31. The monoisotopic (exact) mass is 365 g/mol. The van der Waals surface area contributed by atoms with Crippen LogP contribution in [0.25, 0.3) is 0 Å². The number of nitrogens with one attached hydrogen (secondary N) is 1. The molecule has 0 radical (unpaired) electrons. The van der Waals surface area contributed by atoms with Gasteiger partial charge in [-0.3, -0.25) is 0 Å². The van der Waals surface area contributed by atoms with Crippen molar-refractivity contribution in [1.29, 1.82) is 0 Å². The van der Waals surface area contributed by atoms with E-state index in [1.165, 1.54) is 12.3 Å². The van der Waals surface area contributed by atoms with Gasteiger partial charge in [-0.15, -0.1) is 0 Å². The molecule has 140 valence electrons. The Morgan fingerprint density at radius 3 is 2.16 bits per heavy atom. The first-order chi connectivity index (χ1) is 11.6. The topological polar surface area (TPSA) is 64.6 Å². The number of rotatable bonds is 6. The van der Waals surface area contributed by atoms with Gasteiger partial charge in [0.25, 0.3) is 0 Å². The molecular formula is C19H31NO4Si. The summed E-state index contributed by atoms with van der Waals surface area (Å²) in [6.07, 6.45) is -0.593. The molecule has 25 heavy (non-hydrogen) atoms. The lowest BCUT2D eigenvalue weighted by Crippen LogP contribution is -2.60. The van der Waals surface area contributed by atoms with Gasteiger partial charge in [0.15, 0.2) is 0 Å². The molecule has 0 aliphatic rings. The Hall–Kier alpha value is -1.82. The highest BCUT2D eigenvalue weighted by atomic mass is 28.3. The predicted molar refractivity (Wildman–Crippen MR) is 103 cm³/mol. The maximum Gasteiger partial charge on any atom is 0.407 e. The number of carbonyl (C=O) groups excluding carboxylic acids is 2. The molecule has 0 aliphatic carbocycles. The van der Waals surface area contributed by atoms with Crippen LogP contribution in [0.3, 0.4) is 0 Å². The van der Waals surface area contributed by atoms with Crippen molar-refractivity contribution < 1.29 is 19.1 Å². The normalized spacial score (nSPS) is 14.4. The van der Waals surface area contributed by atoms with Crippen molar-refractivity contribution in [2.75, 3.05) is 13.7 Å². The first-order valence-electron chi connectivity index (χ1n) is 8.62. The van der Waals surface area contributed by atoms with Gasteiger partial charge >= 0.3 is 12.1 Å². The lowest BCUT2D eigenvalue weighted by Gasteiger charge is -2.45. The number of ether oxygens (including phenoxy) is 2. The number of alkyl carbamates (subject to hydrolysis) is 1. The van der Waals surface area contributed by atoms with Crippen molar-refractivity contribution >= 4 is 25.3 Å². The van der Waals surface area contributed by atoms with Crippen molar-refractivity contribution in [2.24, 2.45) is 5.41 Å². The molecule has 6 heteroatoms. The van der Waals surface area contributed by atoms with E-state index in [-0.39, 0.29) is 17.6 Å². The van der Waals surface area contributed by atoms with E-state index in [0.717, 1.165) is 0 Å². The van der Waals surface area contributed by atoms with E-state index >= 15 is 0 Å². The Balaban J connectivity index is 3.38. The Morgan fingerprint density at radius 2 is 1.72 bits per heavy atom. The maximum atomic E-state index is 12.5. The van der Waals surface area contributed by atoms with Gasteiger partial charge in [-0.05, 0) is 17.9 Å². The summed E-state index contributed by atoms with van der Waals surface area (Å²) in [6, 6.07) is 9.44. The van der Waals surface area contributed by atoms with Gasteiger partial charge in [-0.25, -0.2) is 9.59 Å². The third-order valence-electron chi connectivity index (χ3n) is 4.57. The quantitative estimate of drug-likeness (QED) is 0.620. The van der Waals surface area contributed by atoms with E-state index in [1.54, 1.807) is 6.92 Å². The SMILES string of the molecule is CCOC(=O)N[C@H](C(=O)OC)[C@H](C(C)(C)C)[Si](C)(C)c1ccccc1. The minimum atomic E-state index is -2.15. The van der Waals surface area contributed by atoms with Crippen LogP contribution in [-0.2, 0) is 14.3 Å². The Bertz CT molecular complexity index is 581. The number of benzene rings is 1. The summed E-state index contributed by atoms with van der Waals surface area (Å²) in [4.78, 5) is 24.6. The van der Waals surface area contributed by atoms with E-state index in [4.69, 9.17) is 9.47 Å². The van der Waals surface area contributed by atoms with Crippen LogP contribution in [0.15, 0.2) is 30.3 Å². The number of hydrogen-bond donors (Lipinski definition) is 1. The van der Waals surface area contributed by atoms with Crippen molar-refractivity contribution in [3.05, 3.63) is 30.3 Å². The molecule has 0 aromatic heterocycles. The standard InChI is InChI=1S/C19H31NO4Si/c1-8-24-18(22)20-15(17(21)23-5)16(19(2,3)4)25(6,7)14-12-10-9-11-13-14/h9-13,15-16H,8H2,1-7H3,(H,20,22)/t15-,16+/m0/s1. The highest BCUT2D eigenvalue weighted by molar-refractivity contribution is 6.91. The first-order valence-corrected chi connectivity index (χ1v) is 11.7. The van der Waals surface area contributed by atoms with Crippen LogP contribution in [-0.4, -0.2) is 39.9 Å². The molecule has 0 bridgehead atoms. The summed E-state index contributed by atoms with van der Waals surface area (Å²) in [5.41, 5.74) is -0.302. The van der Waals surface area contributed by atoms with Crippen LogP contribution in [0.5, 0.6) is 0 Å². The largest absolute Gasteiger partial charge is 0.467 e. The molecule has 2 atom stereocenters. The van der Waals surface area contributed by atoms with E-state index in [0.29, 0.717) is 0 Å². The third kappa shape index (κ3) is 5.32. The highest BCUT2D eigenvalue weighted by Crippen LogP contribution is 2.42. The molecule has 0 aliphatic heterocycles. The Kier molecular flexibility index (Phi) is 7.23. The van der Waals surface area contributed by atoms with Gasteiger partial charge in [-0.2, -0.15) is 0 Å². The van der Waals surface area contributed by atoms with E-state index in [1.807, 2.05) is 18.2 Å². The molecular weight excluding hydrogens is 334 g/mol.